The van der Waals surface area contributed by atoms with Crippen molar-refractivity contribution in [3.63, 3.8) is 0 Å². The molecule has 0 fully saturated rings. The van der Waals surface area contributed by atoms with E-state index >= 15 is 0 Å². The molecule has 5 nitrogen and oxygen atoms in total. The Balaban J connectivity index is 2.18. The maximum Gasteiger partial charge on any atom is 0.192 e. The summed E-state index contributed by atoms with van der Waals surface area (Å²) >= 11 is 1.40. The molecule has 2 aromatic rings. The number of hydrogen-bond donors (Lipinski definition) is 0. The molecule has 0 aliphatic carbocycles. The molecular weight excluding hydrogens is 212 g/mol. The summed E-state index contributed by atoms with van der Waals surface area (Å²) in [5.74, 6) is 0. The lowest BCUT2D eigenvalue weighted by atomic mass is 10.3. The zero-order valence-corrected chi connectivity index (χ0v) is 8.81. The van der Waals surface area contributed by atoms with E-state index in [2.05, 4.69) is 15.1 Å². The maximum absolute atomic E-state index is 10.4. The van der Waals surface area contributed by atoms with Crippen molar-refractivity contribution >= 4 is 18.0 Å². The second-order valence-electron chi connectivity index (χ2n) is 2.82. The fourth-order valence-electron chi connectivity index (χ4n) is 0.993. The number of pyridine rings is 1. The molecule has 0 saturated heterocycles. The third-order valence-electron chi connectivity index (χ3n) is 1.76. The van der Waals surface area contributed by atoms with Crippen molar-refractivity contribution < 1.29 is 4.79 Å². The van der Waals surface area contributed by atoms with Crippen LogP contribution < -0.4 is 0 Å². The normalized spacial score (nSPS) is 10.2. The van der Waals surface area contributed by atoms with Gasteiger partial charge in [-0.25, -0.2) is 14.6 Å². The lowest BCUT2D eigenvalue weighted by Gasteiger charge is -1.99. The van der Waals surface area contributed by atoms with Crippen molar-refractivity contribution in [3.05, 3.63) is 30.2 Å². The van der Waals surface area contributed by atoms with E-state index in [0.717, 1.165) is 16.5 Å². The largest absolute Gasteiger partial charge is 0.298 e. The standard InChI is InChI=1S/C9H8N4OS/c1-13-9(11-6-12-13)15-8-3-2-7(5-14)4-10-8/h2-6H,1H3. The van der Waals surface area contributed by atoms with Crippen molar-refractivity contribution in [1.29, 1.82) is 0 Å². The quantitative estimate of drug-likeness (QED) is 0.727. The Morgan fingerprint density at radius 3 is 2.80 bits per heavy atom. The van der Waals surface area contributed by atoms with Gasteiger partial charge in [0, 0.05) is 18.8 Å². The van der Waals surface area contributed by atoms with Crippen LogP contribution in [0.15, 0.2) is 34.8 Å². The van der Waals surface area contributed by atoms with Crippen LogP contribution in [0.1, 0.15) is 10.4 Å². The minimum atomic E-state index is 0.567. The molecule has 0 aliphatic rings. The van der Waals surface area contributed by atoms with E-state index in [9.17, 15) is 4.79 Å². The summed E-state index contributed by atoms with van der Waals surface area (Å²) in [6.45, 7) is 0. The van der Waals surface area contributed by atoms with Crippen LogP contribution in [0.25, 0.3) is 0 Å². The van der Waals surface area contributed by atoms with Gasteiger partial charge in [0.1, 0.15) is 11.4 Å². The van der Waals surface area contributed by atoms with Crippen molar-refractivity contribution in [2.75, 3.05) is 0 Å². The first kappa shape index (κ1) is 9.85. The summed E-state index contributed by atoms with van der Waals surface area (Å²) < 4.78 is 1.67. The van der Waals surface area contributed by atoms with Crippen molar-refractivity contribution in [1.82, 2.24) is 19.7 Å². The molecule has 0 amide bonds. The Morgan fingerprint density at radius 2 is 2.27 bits per heavy atom. The van der Waals surface area contributed by atoms with Gasteiger partial charge in [-0.2, -0.15) is 5.10 Å². The molecule has 0 atom stereocenters. The Kier molecular flexibility index (Phi) is 2.77. The van der Waals surface area contributed by atoms with Crippen LogP contribution in [-0.2, 0) is 7.05 Å². The van der Waals surface area contributed by atoms with E-state index in [0.29, 0.717) is 5.56 Å². The third kappa shape index (κ3) is 2.21. The minimum Gasteiger partial charge on any atom is -0.298 e. The Morgan fingerprint density at radius 1 is 1.40 bits per heavy atom. The van der Waals surface area contributed by atoms with Crippen LogP contribution >= 0.6 is 11.8 Å². The number of nitrogens with zero attached hydrogens (tertiary/aromatic N) is 4. The molecule has 0 N–H and O–H groups in total. The molecule has 0 saturated carbocycles. The summed E-state index contributed by atoms with van der Waals surface area (Å²) in [6.07, 6.45) is 3.79. The molecule has 6 heteroatoms. The van der Waals surface area contributed by atoms with Gasteiger partial charge in [0.05, 0.1) is 0 Å². The Hall–Kier alpha value is -1.69. The summed E-state index contributed by atoms with van der Waals surface area (Å²) in [5.41, 5.74) is 0.567. The van der Waals surface area contributed by atoms with E-state index in [-0.39, 0.29) is 0 Å². The van der Waals surface area contributed by atoms with Crippen molar-refractivity contribution in [3.8, 4) is 0 Å². The summed E-state index contributed by atoms with van der Waals surface area (Å²) in [4.78, 5) is 18.6. The number of aldehydes is 1. The van der Waals surface area contributed by atoms with Crippen LogP contribution in [0.2, 0.25) is 0 Å². The molecule has 76 valence electrons. The molecule has 0 aromatic carbocycles. The highest BCUT2D eigenvalue weighted by Gasteiger charge is 2.04. The topological polar surface area (TPSA) is 60.7 Å². The van der Waals surface area contributed by atoms with Crippen LogP contribution in [-0.4, -0.2) is 26.0 Å². The fraction of sp³-hybridized carbons (Fsp3) is 0.111. The molecule has 0 bridgehead atoms. The van der Waals surface area contributed by atoms with E-state index in [1.807, 2.05) is 7.05 Å². The molecule has 0 aliphatic heterocycles. The molecular formula is C9H8N4OS. The first-order chi connectivity index (χ1) is 7.29. The highest BCUT2D eigenvalue weighted by molar-refractivity contribution is 7.99. The van der Waals surface area contributed by atoms with Gasteiger partial charge in [0.25, 0.3) is 0 Å². The van der Waals surface area contributed by atoms with Gasteiger partial charge in [-0.1, -0.05) is 0 Å². The van der Waals surface area contributed by atoms with Crippen molar-refractivity contribution in [2.24, 2.45) is 7.05 Å². The predicted molar refractivity (Wildman–Crippen MR) is 54.8 cm³/mol. The predicted octanol–water partition coefficient (Wildman–Crippen LogP) is 1.17. The second kappa shape index (κ2) is 4.22. The number of rotatable bonds is 3. The molecule has 0 unspecified atom stereocenters. The number of carbonyl (C=O) groups excluding carboxylic acids is 1. The zero-order chi connectivity index (χ0) is 10.7. The monoisotopic (exact) mass is 220 g/mol. The van der Waals surface area contributed by atoms with Gasteiger partial charge < -0.3 is 0 Å². The number of hydrogen-bond acceptors (Lipinski definition) is 5. The first-order valence-electron chi connectivity index (χ1n) is 4.22. The third-order valence-corrected chi connectivity index (χ3v) is 2.76. The lowest BCUT2D eigenvalue weighted by molar-refractivity contribution is 0.112. The average Bonchev–Trinajstić information content (AvgIpc) is 2.66. The first-order valence-corrected chi connectivity index (χ1v) is 5.04. The summed E-state index contributed by atoms with van der Waals surface area (Å²) in [7, 11) is 1.81. The van der Waals surface area contributed by atoms with Crippen molar-refractivity contribution in [2.45, 2.75) is 10.2 Å². The molecule has 2 heterocycles. The Bertz CT molecular complexity index is 465. The molecule has 15 heavy (non-hydrogen) atoms. The molecule has 2 aromatic heterocycles. The van der Waals surface area contributed by atoms with Gasteiger partial charge in [-0.15, -0.1) is 0 Å². The van der Waals surface area contributed by atoms with Crippen LogP contribution in [0.5, 0.6) is 0 Å². The summed E-state index contributed by atoms with van der Waals surface area (Å²) in [5, 5.41) is 5.50. The highest BCUT2D eigenvalue weighted by atomic mass is 32.2. The van der Waals surface area contributed by atoms with Crippen LogP contribution in [0.4, 0.5) is 0 Å². The number of aromatic nitrogens is 4. The molecule has 0 spiro atoms. The van der Waals surface area contributed by atoms with Gasteiger partial charge in [-0.3, -0.25) is 4.79 Å². The van der Waals surface area contributed by atoms with Gasteiger partial charge in [-0.05, 0) is 23.9 Å². The molecule has 0 radical (unpaired) electrons. The van der Waals surface area contributed by atoms with Gasteiger partial charge in [0.15, 0.2) is 11.4 Å². The lowest BCUT2D eigenvalue weighted by Crippen LogP contribution is -1.93. The van der Waals surface area contributed by atoms with E-state index in [4.69, 9.17) is 0 Å². The molecule has 2 rings (SSSR count). The average molecular weight is 220 g/mol. The SMILES string of the molecule is Cn1ncnc1Sc1ccc(C=O)cn1. The highest BCUT2D eigenvalue weighted by Crippen LogP contribution is 2.22. The smallest absolute Gasteiger partial charge is 0.192 e. The zero-order valence-electron chi connectivity index (χ0n) is 7.99. The fourth-order valence-corrected chi connectivity index (χ4v) is 1.70. The number of aryl methyl sites for hydroxylation is 1. The van der Waals surface area contributed by atoms with Crippen LogP contribution in [0, 0.1) is 0 Å². The Labute approximate surface area is 90.5 Å². The maximum atomic E-state index is 10.4. The van der Waals surface area contributed by atoms with Crippen LogP contribution in [0.3, 0.4) is 0 Å². The van der Waals surface area contributed by atoms with E-state index < -0.39 is 0 Å². The van der Waals surface area contributed by atoms with Gasteiger partial charge >= 0.3 is 0 Å². The second-order valence-corrected chi connectivity index (χ2v) is 3.80. The minimum absolute atomic E-state index is 0.567. The van der Waals surface area contributed by atoms with E-state index in [1.54, 1.807) is 16.8 Å². The van der Waals surface area contributed by atoms with E-state index in [1.165, 1.54) is 24.3 Å². The van der Waals surface area contributed by atoms with Gasteiger partial charge in [0.2, 0.25) is 0 Å². The number of carbonyl (C=O) groups is 1. The summed E-state index contributed by atoms with van der Waals surface area (Å²) in [6, 6.07) is 3.50.